The molecule has 0 aromatic carbocycles. The zero-order valence-corrected chi connectivity index (χ0v) is 14.0. The van der Waals surface area contributed by atoms with Gasteiger partial charge in [0.15, 0.2) is 5.96 Å². The van der Waals surface area contributed by atoms with E-state index in [1.807, 2.05) is 6.92 Å². The lowest BCUT2D eigenvalue weighted by Gasteiger charge is -2.20. The Labute approximate surface area is 129 Å². The second-order valence-corrected chi connectivity index (χ2v) is 6.35. The predicted molar refractivity (Wildman–Crippen MR) is 87.7 cm³/mol. The third kappa shape index (κ3) is 8.27. The number of aliphatic imine (C=N–C) groups is 1. The van der Waals surface area contributed by atoms with E-state index in [4.69, 9.17) is 4.74 Å². The summed E-state index contributed by atoms with van der Waals surface area (Å²) in [6.45, 7) is 9.97. The van der Waals surface area contributed by atoms with Crippen LogP contribution in [0.5, 0.6) is 0 Å². The molecule has 0 aromatic rings. The summed E-state index contributed by atoms with van der Waals surface area (Å²) < 4.78 is 5.58. The number of guanidine groups is 1. The molecule has 1 fully saturated rings. The van der Waals surface area contributed by atoms with Crippen LogP contribution in [0.25, 0.3) is 0 Å². The van der Waals surface area contributed by atoms with E-state index in [1.165, 1.54) is 0 Å². The summed E-state index contributed by atoms with van der Waals surface area (Å²) in [6.07, 6.45) is 5.06. The van der Waals surface area contributed by atoms with Crippen LogP contribution in [0.15, 0.2) is 4.99 Å². The Morgan fingerprint density at radius 2 is 1.95 bits per heavy atom. The average molecular weight is 299 g/mol. The summed E-state index contributed by atoms with van der Waals surface area (Å²) in [6, 6.07) is 0. The molecule has 0 aliphatic heterocycles. The minimum Gasteiger partial charge on any atom is -0.388 e. The van der Waals surface area contributed by atoms with Crippen molar-refractivity contribution >= 4 is 5.96 Å². The molecule has 0 atom stereocenters. The predicted octanol–water partition coefficient (Wildman–Crippen LogP) is 1.91. The number of aliphatic hydroxyl groups is 1. The standard InChI is InChI=1S/C16H33N3O2/c1-4-17-15(18-10-12-21-11-7-14(2)3)19-13-16(20)8-5-6-9-16/h14,20H,4-13H2,1-3H3,(H2,17,18,19). The first-order valence-corrected chi connectivity index (χ1v) is 8.38. The van der Waals surface area contributed by atoms with Crippen LogP contribution in [-0.4, -0.2) is 49.5 Å². The molecule has 5 nitrogen and oxygen atoms in total. The molecule has 0 saturated heterocycles. The lowest BCUT2D eigenvalue weighted by atomic mass is 10.0. The average Bonchev–Trinajstić information content (AvgIpc) is 2.87. The molecule has 0 bridgehead atoms. The zero-order valence-electron chi connectivity index (χ0n) is 14.0. The van der Waals surface area contributed by atoms with Crippen LogP contribution in [0.2, 0.25) is 0 Å². The van der Waals surface area contributed by atoms with Gasteiger partial charge in [-0.3, -0.25) is 4.99 Å². The maximum absolute atomic E-state index is 10.3. The smallest absolute Gasteiger partial charge is 0.191 e. The molecule has 0 amide bonds. The molecular formula is C16H33N3O2. The van der Waals surface area contributed by atoms with Crippen molar-refractivity contribution in [3.63, 3.8) is 0 Å². The molecule has 5 heteroatoms. The van der Waals surface area contributed by atoms with Gasteiger partial charge in [-0.25, -0.2) is 0 Å². The highest BCUT2D eigenvalue weighted by Crippen LogP contribution is 2.29. The fourth-order valence-corrected chi connectivity index (χ4v) is 2.42. The topological polar surface area (TPSA) is 65.9 Å². The molecule has 124 valence electrons. The van der Waals surface area contributed by atoms with Gasteiger partial charge in [0.05, 0.1) is 18.8 Å². The molecule has 3 N–H and O–H groups in total. The molecule has 1 saturated carbocycles. The second-order valence-electron chi connectivity index (χ2n) is 6.35. The monoisotopic (exact) mass is 299 g/mol. The van der Waals surface area contributed by atoms with Gasteiger partial charge in [-0.1, -0.05) is 26.7 Å². The molecule has 0 heterocycles. The van der Waals surface area contributed by atoms with Crippen molar-refractivity contribution in [1.82, 2.24) is 10.6 Å². The van der Waals surface area contributed by atoms with Crippen LogP contribution < -0.4 is 10.6 Å². The Morgan fingerprint density at radius 3 is 2.57 bits per heavy atom. The number of ether oxygens (including phenoxy) is 1. The van der Waals surface area contributed by atoms with E-state index >= 15 is 0 Å². The highest BCUT2D eigenvalue weighted by molar-refractivity contribution is 5.79. The van der Waals surface area contributed by atoms with Crippen molar-refractivity contribution in [3.05, 3.63) is 0 Å². The highest BCUT2D eigenvalue weighted by Gasteiger charge is 2.30. The van der Waals surface area contributed by atoms with Crippen molar-refractivity contribution in [2.75, 3.05) is 32.8 Å². The van der Waals surface area contributed by atoms with Gasteiger partial charge < -0.3 is 20.5 Å². The van der Waals surface area contributed by atoms with Crippen molar-refractivity contribution in [3.8, 4) is 0 Å². The molecule has 1 aliphatic rings. The quantitative estimate of drug-likeness (QED) is 0.346. The largest absolute Gasteiger partial charge is 0.388 e. The third-order valence-electron chi connectivity index (χ3n) is 3.79. The summed E-state index contributed by atoms with van der Waals surface area (Å²) in [4.78, 5) is 4.50. The van der Waals surface area contributed by atoms with E-state index in [-0.39, 0.29) is 0 Å². The molecule has 1 rings (SSSR count). The molecular weight excluding hydrogens is 266 g/mol. The van der Waals surface area contributed by atoms with Crippen LogP contribution in [0.1, 0.15) is 52.9 Å². The van der Waals surface area contributed by atoms with Crippen LogP contribution in [0.4, 0.5) is 0 Å². The van der Waals surface area contributed by atoms with E-state index in [9.17, 15) is 5.11 Å². The number of hydrogen-bond acceptors (Lipinski definition) is 3. The number of nitrogens with zero attached hydrogens (tertiary/aromatic N) is 1. The minimum absolute atomic E-state index is 0.483. The van der Waals surface area contributed by atoms with E-state index in [0.717, 1.165) is 57.8 Å². The number of rotatable bonds is 9. The Morgan fingerprint density at radius 1 is 1.24 bits per heavy atom. The van der Waals surface area contributed by atoms with Crippen LogP contribution >= 0.6 is 0 Å². The second kappa shape index (κ2) is 10.0. The van der Waals surface area contributed by atoms with Crippen molar-refractivity contribution in [1.29, 1.82) is 0 Å². The first-order valence-electron chi connectivity index (χ1n) is 8.38. The van der Waals surface area contributed by atoms with E-state index in [0.29, 0.717) is 19.1 Å². The minimum atomic E-state index is -0.587. The maximum Gasteiger partial charge on any atom is 0.191 e. The Hall–Kier alpha value is -0.810. The van der Waals surface area contributed by atoms with Gasteiger partial charge in [-0.2, -0.15) is 0 Å². The number of hydrogen-bond donors (Lipinski definition) is 3. The van der Waals surface area contributed by atoms with Gasteiger partial charge in [-0.15, -0.1) is 0 Å². The van der Waals surface area contributed by atoms with Gasteiger partial charge in [-0.05, 0) is 32.1 Å². The lowest BCUT2D eigenvalue weighted by Crippen LogP contribution is -2.40. The number of nitrogens with one attached hydrogen (secondary N) is 2. The molecule has 21 heavy (non-hydrogen) atoms. The van der Waals surface area contributed by atoms with Crippen LogP contribution in [0, 0.1) is 5.92 Å². The normalized spacial score (nSPS) is 18.2. The maximum atomic E-state index is 10.3. The fraction of sp³-hybridized carbons (Fsp3) is 0.938. The van der Waals surface area contributed by atoms with E-state index in [2.05, 4.69) is 29.5 Å². The summed E-state index contributed by atoms with van der Waals surface area (Å²) in [5.74, 6) is 1.45. The molecule has 0 spiro atoms. The highest BCUT2D eigenvalue weighted by atomic mass is 16.5. The molecule has 1 aliphatic carbocycles. The van der Waals surface area contributed by atoms with Crippen molar-refractivity contribution in [2.45, 2.75) is 58.5 Å². The summed E-state index contributed by atoms with van der Waals surface area (Å²) in [7, 11) is 0. The Bertz CT molecular complexity index is 300. The first-order chi connectivity index (χ1) is 10.1. The fourth-order valence-electron chi connectivity index (χ4n) is 2.42. The molecule has 0 unspecified atom stereocenters. The van der Waals surface area contributed by atoms with Gasteiger partial charge in [0.2, 0.25) is 0 Å². The third-order valence-corrected chi connectivity index (χ3v) is 3.79. The molecule has 0 radical (unpaired) electrons. The van der Waals surface area contributed by atoms with Crippen molar-refractivity contribution in [2.24, 2.45) is 10.9 Å². The van der Waals surface area contributed by atoms with E-state index in [1.54, 1.807) is 0 Å². The van der Waals surface area contributed by atoms with Gasteiger partial charge in [0, 0.05) is 19.7 Å². The Balaban J connectivity index is 2.22. The van der Waals surface area contributed by atoms with Crippen LogP contribution in [0.3, 0.4) is 0 Å². The van der Waals surface area contributed by atoms with Gasteiger partial charge in [0.25, 0.3) is 0 Å². The molecule has 0 aromatic heterocycles. The Kier molecular flexibility index (Phi) is 8.69. The SMILES string of the molecule is CCNC(=NCC1(O)CCCC1)NCCOCCC(C)C. The lowest BCUT2D eigenvalue weighted by molar-refractivity contribution is 0.0574. The summed E-state index contributed by atoms with van der Waals surface area (Å²) in [5, 5.41) is 16.8. The summed E-state index contributed by atoms with van der Waals surface area (Å²) >= 11 is 0. The zero-order chi connectivity index (χ0) is 15.6. The van der Waals surface area contributed by atoms with Gasteiger partial charge in [0.1, 0.15) is 0 Å². The van der Waals surface area contributed by atoms with E-state index < -0.39 is 5.60 Å². The first kappa shape index (κ1) is 18.2. The summed E-state index contributed by atoms with van der Waals surface area (Å²) in [5.41, 5.74) is -0.587. The van der Waals surface area contributed by atoms with Crippen molar-refractivity contribution < 1.29 is 9.84 Å². The van der Waals surface area contributed by atoms with Crippen LogP contribution in [-0.2, 0) is 4.74 Å². The van der Waals surface area contributed by atoms with Gasteiger partial charge >= 0.3 is 0 Å².